The molecule has 0 aliphatic carbocycles. The van der Waals surface area contributed by atoms with Crippen LogP contribution in [0.5, 0.6) is 0 Å². The lowest BCUT2D eigenvalue weighted by Gasteiger charge is -2.17. The van der Waals surface area contributed by atoms with Crippen LogP contribution in [0, 0.1) is 6.92 Å². The van der Waals surface area contributed by atoms with Crippen molar-refractivity contribution >= 4 is 17.4 Å². The Bertz CT molecular complexity index is 552. The van der Waals surface area contributed by atoms with Crippen LogP contribution in [0.3, 0.4) is 0 Å². The molecule has 2 rings (SSSR count). The van der Waals surface area contributed by atoms with E-state index in [4.69, 9.17) is 17.3 Å². The van der Waals surface area contributed by atoms with Gasteiger partial charge in [0.05, 0.1) is 10.7 Å². The van der Waals surface area contributed by atoms with Gasteiger partial charge in [0.1, 0.15) is 5.82 Å². The van der Waals surface area contributed by atoms with Crippen LogP contribution in [0.15, 0.2) is 36.4 Å². The van der Waals surface area contributed by atoms with E-state index < -0.39 is 0 Å². The summed E-state index contributed by atoms with van der Waals surface area (Å²) in [6.45, 7) is 3.62. The minimum Gasteiger partial charge on any atom is -0.384 e. The molecule has 1 aromatic carbocycles. The molecule has 3 nitrogen and oxygen atoms in total. The number of halogens is 1. The van der Waals surface area contributed by atoms with E-state index in [0.29, 0.717) is 17.4 Å². The van der Waals surface area contributed by atoms with Gasteiger partial charge in [-0.2, -0.15) is 0 Å². The number of hydrogen-bond donors (Lipinski definition) is 1. The Hall–Kier alpha value is -1.58. The quantitative estimate of drug-likeness (QED) is 0.931. The number of aryl methyl sites for hydroxylation is 1. The van der Waals surface area contributed by atoms with Gasteiger partial charge in [0.2, 0.25) is 0 Å². The molecule has 0 amide bonds. The zero-order valence-corrected chi connectivity index (χ0v) is 12.0. The monoisotopic (exact) mass is 275 g/mol. The SMILES string of the molecule is Cc1ccc(CN(C)Cc2nc(N)ccc2Cl)cc1. The predicted molar refractivity (Wildman–Crippen MR) is 80.0 cm³/mol. The van der Waals surface area contributed by atoms with Crippen LogP contribution in [0.25, 0.3) is 0 Å². The van der Waals surface area contributed by atoms with Crippen LogP contribution in [0.2, 0.25) is 5.02 Å². The Morgan fingerprint density at radius 2 is 1.79 bits per heavy atom. The smallest absolute Gasteiger partial charge is 0.123 e. The second kappa shape index (κ2) is 6.04. The standard InChI is InChI=1S/C15H18ClN3/c1-11-3-5-12(6-4-11)9-19(2)10-14-13(16)7-8-15(17)18-14/h3-8H,9-10H2,1-2H3,(H2,17,18). The molecule has 0 unspecified atom stereocenters. The summed E-state index contributed by atoms with van der Waals surface area (Å²) in [5.41, 5.74) is 9.04. The molecular formula is C15H18ClN3. The fourth-order valence-electron chi connectivity index (χ4n) is 1.93. The van der Waals surface area contributed by atoms with Gasteiger partial charge in [0, 0.05) is 13.1 Å². The first-order chi connectivity index (χ1) is 9.04. The third-order valence-corrected chi connectivity index (χ3v) is 3.28. The molecule has 0 saturated carbocycles. The number of pyridine rings is 1. The Balaban J connectivity index is 2.02. The highest BCUT2D eigenvalue weighted by Crippen LogP contribution is 2.17. The molecule has 2 aromatic rings. The van der Waals surface area contributed by atoms with Crippen LogP contribution < -0.4 is 5.73 Å². The maximum absolute atomic E-state index is 6.12. The van der Waals surface area contributed by atoms with Gasteiger partial charge >= 0.3 is 0 Å². The largest absolute Gasteiger partial charge is 0.384 e. The second-order valence-corrected chi connectivity index (χ2v) is 5.23. The summed E-state index contributed by atoms with van der Waals surface area (Å²) >= 11 is 6.12. The fraction of sp³-hybridized carbons (Fsp3) is 0.267. The van der Waals surface area contributed by atoms with Crippen molar-refractivity contribution in [3.05, 3.63) is 58.2 Å². The number of nitrogens with two attached hydrogens (primary N) is 1. The number of hydrogen-bond acceptors (Lipinski definition) is 3. The molecule has 0 fully saturated rings. The fourth-order valence-corrected chi connectivity index (χ4v) is 2.09. The molecule has 4 heteroatoms. The molecule has 2 N–H and O–H groups in total. The highest BCUT2D eigenvalue weighted by atomic mass is 35.5. The van der Waals surface area contributed by atoms with Gasteiger partial charge in [0.15, 0.2) is 0 Å². The molecule has 0 aliphatic rings. The molecule has 0 spiro atoms. The summed E-state index contributed by atoms with van der Waals surface area (Å²) in [5, 5.41) is 0.657. The molecule has 0 atom stereocenters. The Kier molecular flexibility index (Phi) is 4.40. The maximum Gasteiger partial charge on any atom is 0.123 e. The minimum atomic E-state index is 0.503. The van der Waals surface area contributed by atoms with Crippen molar-refractivity contribution in [1.29, 1.82) is 0 Å². The van der Waals surface area contributed by atoms with E-state index >= 15 is 0 Å². The van der Waals surface area contributed by atoms with Crippen LogP contribution in [0.1, 0.15) is 16.8 Å². The Morgan fingerprint density at radius 1 is 1.11 bits per heavy atom. The van der Waals surface area contributed by atoms with Crippen LogP contribution >= 0.6 is 11.6 Å². The van der Waals surface area contributed by atoms with Crippen molar-refractivity contribution in [2.24, 2.45) is 0 Å². The number of nitrogen functional groups attached to an aromatic ring is 1. The van der Waals surface area contributed by atoms with Gasteiger partial charge in [-0.3, -0.25) is 4.90 Å². The molecule has 1 aromatic heterocycles. The van der Waals surface area contributed by atoms with E-state index in [0.717, 1.165) is 12.2 Å². The third kappa shape index (κ3) is 3.94. The first-order valence-electron chi connectivity index (χ1n) is 6.19. The lowest BCUT2D eigenvalue weighted by molar-refractivity contribution is 0.315. The third-order valence-electron chi connectivity index (χ3n) is 2.93. The van der Waals surface area contributed by atoms with E-state index in [1.165, 1.54) is 11.1 Å². The maximum atomic E-state index is 6.12. The number of rotatable bonds is 4. The molecule has 0 aliphatic heterocycles. The first-order valence-corrected chi connectivity index (χ1v) is 6.57. The summed E-state index contributed by atoms with van der Waals surface area (Å²) in [7, 11) is 2.04. The van der Waals surface area contributed by atoms with Gasteiger partial charge in [0.25, 0.3) is 0 Å². The average Bonchev–Trinajstić information content (AvgIpc) is 2.37. The lowest BCUT2D eigenvalue weighted by Crippen LogP contribution is -2.18. The summed E-state index contributed by atoms with van der Waals surface area (Å²) in [6, 6.07) is 12.0. The average molecular weight is 276 g/mol. The van der Waals surface area contributed by atoms with E-state index in [1.807, 2.05) is 7.05 Å². The molecule has 0 radical (unpaired) electrons. The van der Waals surface area contributed by atoms with Crippen LogP contribution in [0.4, 0.5) is 5.82 Å². The van der Waals surface area contributed by atoms with Crippen molar-refractivity contribution in [2.45, 2.75) is 20.0 Å². The molecule has 0 bridgehead atoms. The number of nitrogens with zero attached hydrogens (tertiary/aromatic N) is 2. The summed E-state index contributed by atoms with van der Waals surface area (Å²) in [6.07, 6.45) is 0. The van der Waals surface area contributed by atoms with Gasteiger partial charge in [-0.15, -0.1) is 0 Å². The molecule has 0 saturated heterocycles. The van der Waals surface area contributed by atoms with Crippen molar-refractivity contribution in [3.8, 4) is 0 Å². The zero-order valence-electron chi connectivity index (χ0n) is 11.2. The van der Waals surface area contributed by atoms with E-state index in [1.54, 1.807) is 12.1 Å². The summed E-state index contributed by atoms with van der Waals surface area (Å²) in [5.74, 6) is 0.503. The minimum absolute atomic E-state index is 0.503. The highest BCUT2D eigenvalue weighted by Gasteiger charge is 2.07. The van der Waals surface area contributed by atoms with E-state index in [2.05, 4.69) is 41.1 Å². The Labute approximate surface area is 119 Å². The number of anilines is 1. The highest BCUT2D eigenvalue weighted by molar-refractivity contribution is 6.31. The van der Waals surface area contributed by atoms with Crippen molar-refractivity contribution in [1.82, 2.24) is 9.88 Å². The molecule has 1 heterocycles. The normalized spacial score (nSPS) is 10.9. The van der Waals surface area contributed by atoms with E-state index in [-0.39, 0.29) is 0 Å². The Morgan fingerprint density at radius 3 is 2.47 bits per heavy atom. The summed E-state index contributed by atoms with van der Waals surface area (Å²) < 4.78 is 0. The molecule has 19 heavy (non-hydrogen) atoms. The van der Waals surface area contributed by atoms with Crippen LogP contribution in [-0.2, 0) is 13.1 Å². The molecular weight excluding hydrogens is 258 g/mol. The zero-order chi connectivity index (χ0) is 13.8. The summed E-state index contributed by atoms with van der Waals surface area (Å²) in [4.78, 5) is 6.44. The van der Waals surface area contributed by atoms with Crippen molar-refractivity contribution in [2.75, 3.05) is 12.8 Å². The molecule has 100 valence electrons. The second-order valence-electron chi connectivity index (χ2n) is 4.82. The predicted octanol–water partition coefficient (Wildman–Crippen LogP) is 3.26. The first kappa shape index (κ1) is 13.8. The van der Waals surface area contributed by atoms with Gasteiger partial charge in [-0.25, -0.2) is 4.98 Å². The van der Waals surface area contributed by atoms with Gasteiger partial charge in [-0.1, -0.05) is 41.4 Å². The number of aromatic nitrogens is 1. The lowest BCUT2D eigenvalue weighted by atomic mass is 10.1. The topological polar surface area (TPSA) is 42.2 Å². The van der Waals surface area contributed by atoms with Crippen molar-refractivity contribution < 1.29 is 0 Å². The van der Waals surface area contributed by atoms with Crippen molar-refractivity contribution in [3.63, 3.8) is 0 Å². The van der Waals surface area contributed by atoms with Crippen LogP contribution in [-0.4, -0.2) is 16.9 Å². The van der Waals surface area contributed by atoms with Gasteiger partial charge in [-0.05, 0) is 31.7 Å². The number of benzene rings is 1. The van der Waals surface area contributed by atoms with E-state index in [9.17, 15) is 0 Å². The van der Waals surface area contributed by atoms with Gasteiger partial charge < -0.3 is 5.73 Å².